The Kier molecular flexibility index (Phi) is 2.86. The Balaban J connectivity index is 1.73. The molecule has 0 aliphatic rings. The minimum atomic E-state index is 0.478. The molecule has 3 heterocycles. The zero-order valence-corrected chi connectivity index (χ0v) is 10.7. The number of hydrogen-bond acceptors (Lipinski definition) is 6. The number of nitrogens with zero attached hydrogens (tertiary/aromatic N) is 5. The molecule has 0 aliphatic heterocycles. The fourth-order valence-corrected chi connectivity index (χ4v) is 1.88. The normalized spacial score (nSPS) is 11.1. The van der Waals surface area contributed by atoms with Crippen molar-refractivity contribution in [2.45, 2.75) is 26.8 Å². The molecular weight excluding hydrogens is 246 g/mol. The largest absolute Gasteiger partial charge is 0.364 e. The van der Waals surface area contributed by atoms with Crippen LogP contribution in [0.4, 0.5) is 0 Å². The standard InChI is InChI=1S/C12H13N5O2/c1-8-5-9(2)17(14-8)7-12-13-11(16-19-12)6-10-3-4-18-15-10/h3-5H,6-7H2,1-2H3. The van der Waals surface area contributed by atoms with E-state index in [4.69, 9.17) is 9.05 Å². The van der Waals surface area contributed by atoms with E-state index < -0.39 is 0 Å². The van der Waals surface area contributed by atoms with E-state index in [-0.39, 0.29) is 0 Å². The van der Waals surface area contributed by atoms with Crippen LogP contribution in [-0.2, 0) is 13.0 Å². The third kappa shape index (κ3) is 2.54. The quantitative estimate of drug-likeness (QED) is 0.706. The molecule has 0 saturated carbocycles. The first kappa shape index (κ1) is 11.6. The summed E-state index contributed by atoms with van der Waals surface area (Å²) in [7, 11) is 0. The summed E-state index contributed by atoms with van der Waals surface area (Å²) in [4.78, 5) is 4.31. The van der Waals surface area contributed by atoms with Crippen molar-refractivity contribution < 1.29 is 9.05 Å². The lowest BCUT2D eigenvalue weighted by Crippen LogP contribution is -2.04. The zero-order chi connectivity index (χ0) is 13.2. The molecule has 7 nitrogen and oxygen atoms in total. The predicted octanol–water partition coefficient (Wildman–Crippen LogP) is 1.51. The lowest BCUT2D eigenvalue weighted by Gasteiger charge is -1.98. The molecule has 0 aliphatic carbocycles. The number of rotatable bonds is 4. The lowest BCUT2D eigenvalue weighted by molar-refractivity contribution is 0.360. The van der Waals surface area contributed by atoms with Gasteiger partial charge < -0.3 is 9.05 Å². The van der Waals surface area contributed by atoms with Gasteiger partial charge in [0.2, 0.25) is 5.89 Å². The summed E-state index contributed by atoms with van der Waals surface area (Å²) in [5.41, 5.74) is 2.81. The molecule has 0 radical (unpaired) electrons. The van der Waals surface area contributed by atoms with Crippen LogP contribution in [0.1, 0.15) is 28.8 Å². The van der Waals surface area contributed by atoms with Crippen LogP contribution >= 0.6 is 0 Å². The summed E-state index contributed by atoms with van der Waals surface area (Å²) in [5, 5.41) is 12.1. The molecular formula is C12H13N5O2. The van der Waals surface area contributed by atoms with Crippen LogP contribution in [-0.4, -0.2) is 25.1 Å². The van der Waals surface area contributed by atoms with Crippen LogP contribution in [0.5, 0.6) is 0 Å². The van der Waals surface area contributed by atoms with Crippen LogP contribution < -0.4 is 0 Å². The molecule has 3 aromatic rings. The van der Waals surface area contributed by atoms with E-state index in [1.54, 1.807) is 6.07 Å². The van der Waals surface area contributed by atoms with Crippen molar-refractivity contribution in [3.63, 3.8) is 0 Å². The number of aryl methyl sites for hydroxylation is 2. The van der Waals surface area contributed by atoms with E-state index in [0.29, 0.717) is 24.7 Å². The number of aromatic nitrogens is 5. The third-order valence-corrected chi connectivity index (χ3v) is 2.73. The maximum atomic E-state index is 5.20. The first-order chi connectivity index (χ1) is 9.20. The van der Waals surface area contributed by atoms with E-state index >= 15 is 0 Å². The molecule has 0 atom stereocenters. The summed E-state index contributed by atoms with van der Waals surface area (Å²) in [6.45, 7) is 4.42. The van der Waals surface area contributed by atoms with E-state index in [1.165, 1.54) is 6.26 Å². The number of hydrogen-bond donors (Lipinski definition) is 0. The average Bonchev–Trinajstić information content (AvgIpc) is 3.05. The molecule has 3 rings (SSSR count). The Morgan fingerprint density at radius 3 is 2.84 bits per heavy atom. The van der Waals surface area contributed by atoms with Crippen LogP contribution in [0, 0.1) is 13.8 Å². The van der Waals surface area contributed by atoms with Gasteiger partial charge in [-0.3, -0.25) is 4.68 Å². The molecule has 0 N–H and O–H groups in total. The van der Waals surface area contributed by atoms with Crippen molar-refractivity contribution >= 4 is 0 Å². The van der Waals surface area contributed by atoms with Crippen molar-refractivity contribution in [2.24, 2.45) is 0 Å². The molecule has 98 valence electrons. The molecule has 0 saturated heterocycles. The highest BCUT2D eigenvalue weighted by atomic mass is 16.5. The maximum absolute atomic E-state index is 5.20. The molecule has 0 bridgehead atoms. The molecule has 19 heavy (non-hydrogen) atoms. The molecule has 0 spiro atoms. The highest BCUT2D eigenvalue weighted by molar-refractivity contribution is 5.08. The second-order valence-electron chi connectivity index (χ2n) is 4.36. The van der Waals surface area contributed by atoms with Gasteiger partial charge in [0.05, 0.1) is 17.8 Å². The highest BCUT2D eigenvalue weighted by Crippen LogP contribution is 2.08. The van der Waals surface area contributed by atoms with E-state index in [1.807, 2.05) is 24.6 Å². The predicted molar refractivity (Wildman–Crippen MR) is 64.4 cm³/mol. The van der Waals surface area contributed by atoms with Crippen LogP contribution in [0.3, 0.4) is 0 Å². The molecule has 0 unspecified atom stereocenters. The molecule has 0 amide bonds. The van der Waals surface area contributed by atoms with Crippen molar-refractivity contribution in [1.29, 1.82) is 0 Å². The van der Waals surface area contributed by atoms with Gasteiger partial charge in [0.1, 0.15) is 12.8 Å². The van der Waals surface area contributed by atoms with Crippen molar-refractivity contribution in [3.8, 4) is 0 Å². The third-order valence-electron chi connectivity index (χ3n) is 2.73. The Morgan fingerprint density at radius 1 is 1.26 bits per heavy atom. The van der Waals surface area contributed by atoms with Crippen LogP contribution in [0.25, 0.3) is 0 Å². The summed E-state index contributed by atoms with van der Waals surface area (Å²) in [6, 6.07) is 3.78. The Bertz CT molecular complexity index is 668. The van der Waals surface area contributed by atoms with Crippen molar-refractivity contribution in [1.82, 2.24) is 25.1 Å². The summed E-state index contributed by atoms with van der Waals surface area (Å²) >= 11 is 0. The molecule has 7 heteroatoms. The van der Waals surface area contributed by atoms with Gasteiger partial charge in [0.25, 0.3) is 0 Å². The van der Waals surface area contributed by atoms with Crippen LogP contribution in [0.2, 0.25) is 0 Å². The maximum Gasteiger partial charge on any atom is 0.248 e. The van der Waals surface area contributed by atoms with Gasteiger partial charge in [-0.05, 0) is 19.9 Å². The minimum Gasteiger partial charge on any atom is -0.364 e. The van der Waals surface area contributed by atoms with Gasteiger partial charge in [-0.25, -0.2) is 0 Å². The SMILES string of the molecule is Cc1cc(C)n(Cc2nc(Cc3ccon3)no2)n1. The summed E-state index contributed by atoms with van der Waals surface area (Å²) in [5.74, 6) is 1.12. The van der Waals surface area contributed by atoms with Crippen LogP contribution in [0.15, 0.2) is 27.4 Å². The topological polar surface area (TPSA) is 82.8 Å². The first-order valence-electron chi connectivity index (χ1n) is 5.92. The fraction of sp³-hybridized carbons (Fsp3) is 0.333. The smallest absolute Gasteiger partial charge is 0.248 e. The van der Waals surface area contributed by atoms with Gasteiger partial charge in [0.15, 0.2) is 5.82 Å². The van der Waals surface area contributed by atoms with Gasteiger partial charge in [-0.2, -0.15) is 10.1 Å². The van der Waals surface area contributed by atoms with Gasteiger partial charge in [0, 0.05) is 11.8 Å². The highest BCUT2D eigenvalue weighted by Gasteiger charge is 2.11. The van der Waals surface area contributed by atoms with E-state index in [2.05, 4.69) is 20.4 Å². The van der Waals surface area contributed by atoms with E-state index in [9.17, 15) is 0 Å². The fourth-order valence-electron chi connectivity index (χ4n) is 1.88. The summed E-state index contributed by atoms with van der Waals surface area (Å²) < 4.78 is 11.8. The molecule has 0 aromatic carbocycles. The average molecular weight is 259 g/mol. The van der Waals surface area contributed by atoms with Crippen molar-refractivity contribution in [3.05, 3.63) is 47.2 Å². The van der Waals surface area contributed by atoms with Gasteiger partial charge in [-0.1, -0.05) is 10.3 Å². The molecule has 3 aromatic heterocycles. The molecule has 0 fully saturated rings. The minimum absolute atomic E-state index is 0.478. The van der Waals surface area contributed by atoms with E-state index in [0.717, 1.165) is 17.1 Å². The van der Waals surface area contributed by atoms with Gasteiger partial charge >= 0.3 is 0 Å². The van der Waals surface area contributed by atoms with Gasteiger partial charge in [-0.15, -0.1) is 0 Å². The summed E-state index contributed by atoms with van der Waals surface area (Å²) in [6.07, 6.45) is 2.02. The monoisotopic (exact) mass is 259 g/mol. The zero-order valence-electron chi connectivity index (χ0n) is 10.7. The van der Waals surface area contributed by atoms with Crippen molar-refractivity contribution in [2.75, 3.05) is 0 Å². The Labute approximate surface area is 109 Å². The Hall–Kier alpha value is -2.44. The second-order valence-corrected chi connectivity index (χ2v) is 4.36. The Morgan fingerprint density at radius 2 is 2.16 bits per heavy atom. The second kappa shape index (κ2) is 4.68. The lowest BCUT2D eigenvalue weighted by atomic mass is 10.3. The first-order valence-corrected chi connectivity index (χ1v) is 5.92.